The first kappa shape index (κ1) is 18.2. The second-order valence-electron chi connectivity index (χ2n) is 6.44. The summed E-state index contributed by atoms with van der Waals surface area (Å²) in [5, 5.41) is 14.3. The Bertz CT molecular complexity index is 833. The summed E-state index contributed by atoms with van der Waals surface area (Å²) in [6, 6.07) is 12.2. The van der Waals surface area contributed by atoms with Crippen molar-refractivity contribution < 1.29 is 9.72 Å². The van der Waals surface area contributed by atoms with E-state index < -0.39 is 4.92 Å². The second-order valence-corrected chi connectivity index (χ2v) is 6.85. The van der Waals surface area contributed by atoms with Crippen LogP contribution in [-0.4, -0.2) is 30.0 Å². The molecule has 0 saturated carbocycles. The van der Waals surface area contributed by atoms with Crippen LogP contribution in [0.15, 0.2) is 42.5 Å². The quantitative estimate of drug-likeness (QED) is 0.650. The maximum Gasteiger partial charge on any atom is 0.271 e. The van der Waals surface area contributed by atoms with E-state index in [9.17, 15) is 14.9 Å². The number of non-ortho nitro benzene ring substituents is 1. The Hall–Kier alpha value is -2.60. The minimum absolute atomic E-state index is 0.0147. The molecule has 0 radical (unpaired) electrons. The molecule has 0 unspecified atom stereocenters. The molecule has 1 saturated heterocycles. The lowest BCUT2D eigenvalue weighted by molar-refractivity contribution is -0.384. The van der Waals surface area contributed by atoms with Crippen molar-refractivity contribution in [3.05, 3.63) is 68.7 Å². The van der Waals surface area contributed by atoms with Gasteiger partial charge in [-0.2, -0.15) is 0 Å². The average Bonchev–Trinajstić information content (AvgIpc) is 2.62. The number of anilines is 1. The van der Waals surface area contributed by atoms with Crippen molar-refractivity contribution in [2.24, 2.45) is 0 Å². The molecule has 6 nitrogen and oxygen atoms in total. The number of halogens is 1. The summed E-state index contributed by atoms with van der Waals surface area (Å²) in [6.45, 7) is 3.39. The monoisotopic (exact) mass is 373 g/mol. The number of aryl methyl sites for hydroxylation is 1. The zero-order valence-electron chi connectivity index (χ0n) is 14.4. The predicted molar refractivity (Wildman–Crippen MR) is 102 cm³/mol. The topological polar surface area (TPSA) is 75.5 Å². The second kappa shape index (κ2) is 7.74. The van der Waals surface area contributed by atoms with Gasteiger partial charge in [0, 0.05) is 36.8 Å². The largest absolute Gasteiger partial charge is 0.370 e. The number of rotatable bonds is 4. The fourth-order valence-corrected chi connectivity index (χ4v) is 3.52. The number of amides is 1. The molecule has 0 aliphatic carbocycles. The van der Waals surface area contributed by atoms with E-state index in [4.69, 9.17) is 11.6 Å². The van der Waals surface area contributed by atoms with Crippen LogP contribution in [0.5, 0.6) is 0 Å². The summed E-state index contributed by atoms with van der Waals surface area (Å²) in [4.78, 5) is 24.9. The number of carbonyl (C=O) groups is 1. The maximum absolute atomic E-state index is 12.4. The van der Waals surface area contributed by atoms with Crippen LogP contribution in [0.1, 0.15) is 28.8 Å². The first-order valence-electron chi connectivity index (χ1n) is 8.51. The van der Waals surface area contributed by atoms with E-state index in [1.54, 1.807) is 6.07 Å². The number of benzene rings is 2. The Balaban J connectivity index is 1.60. The van der Waals surface area contributed by atoms with Gasteiger partial charge in [0.1, 0.15) is 0 Å². The molecule has 1 fully saturated rings. The molecule has 1 amide bonds. The number of piperidine rings is 1. The number of nitrogens with one attached hydrogen (secondary N) is 1. The minimum atomic E-state index is -0.455. The molecule has 1 aliphatic rings. The van der Waals surface area contributed by atoms with Gasteiger partial charge in [0.05, 0.1) is 15.6 Å². The van der Waals surface area contributed by atoms with E-state index in [2.05, 4.69) is 10.2 Å². The van der Waals surface area contributed by atoms with Gasteiger partial charge in [-0.3, -0.25) is 14.9 Å². The fourth-order valence-electron chi connectivity index (χ4n) is 3.22. The molecule has 2 aromatic rings. The van der Waals surface area contributed by atoms with E-state index in [0.29, 0.717) is 10.6 Å². The van der Waals surface area contributed by atoms with Gasteiger partial charge in [0.25, 0.3) is 11.6 Å². The number of nitro benzene ring substituents is 1. The SMILES string of the molecule is Cc1ccccc1C(=O)NC1CCN(c2ccc([N+](=O)[O-])cc2Cl)CC1. The zero-order valence-corrected chi connectivity index (χ0v) is 15.2. The van der Waals surface area contributed by atoms with Crippen LogP contribution in [0.3, 0.4) is 0 Å². The van der Waals surface area contributed by atoms with Crippen LogP contribution in [0.2, 0.25) is 5.02 Å². The molecule has 7 heteroatoms. The summed E-state index contributed by atoms with van der Waals surface area (Å²) in [6.07, 6.45) is 1.59. The molecule has 0 spiro atoms. The van der Waals surface area contributed by atoms with Crippen molar-refractivity contribution in [3.8, 4) is 0 Å². The van der Waals surface area contributed by atoms with E-state index in [-0.39, 0.29) is 17.6 Å². The molecular formula is C19H20ClN3O3. The summed E-state index contributed by atoms with van der Waals surface area (Å²) in [7, 11) is 0. The van der Waals surface area contributed by atoms with Gasteiger partial charge < -0.3 is 10.2 Å². The van der Waals surface area contributed by atoms with Crippen LogP contribution in [0.4, 0.5) is 11.4 Å². The zero-order chi connectivity index (χ0) is 18.7. The lowest BCUT2D eigenvalue weighted by Gasteiger charge is -2.34. The number of hydrogen-bond donors (Lipinski definition) is 1. The molecule has 1 N–H and O–H groups in total. The molecule has 3 rings (SSSR count). The maximum atomic E-state index is 12.4. The predicted octanol–water partition coefficient (Wildman–Crippen LogP) is 3.96. The normalized spacial score (nSPS) is 14.9. The average molecular weight is 374 g/mol. The highest BCUT2D eigenvalue weighted by molar-refractivity contribution is 6.33. The van der Waals surface area contributed by atoms with Gasteiger partial charge in [-0.25, -0.2) is 0 Å². The molecular weight excluding hydrogens is 354 g/mol. The highest BCUT2D eigenvalue weighted by Crippen LogP contribution is 2.31. The first-order valence-corrected chi connectivity index (χ1v) is 8.89. The van der Waals surface area contributed by atoms with Gasteiger partial charge in [-0.15, -0.1) is 0 Å². The van der Waals surface area contributed by atoms with Crippen molar-refractivity contribution in [1.82, 2.24) is 5.32 Å². The van der Waals surface area contributed by atoms with Gasteiger partial charge in [-0.05, 0) is 37.5 Å². The van der Waals surface area contributed by atoms with Crippen LogP contribution >= 0.6 is 11.6 Å². The van der Waals surface area contributed by atoms with Gasteiger partial charge >= 0.3 is 0 Å². The van der Waals surface area contributed by atoms with E-state index in [1.807, 2.05) is 31.2 Å². The molecule has 2 aromatic carbocycles. The Morgan fingerprint density at radius 1 is 1.23 bits per heavy atom. The highest BCUT2D eigenvalue weighted by atomic mass is 35.5. The van der Waals surface area contributed by atoms with Crippen molar-refractivity contribution in [2.45, 2.75) is 25.8 Å². The number of nitro groups is 1. The molecule has 136 valence electrons. The minimum Gasteiger partial charge on any atom is -0.370 e. The molecule has 26 heavy (non-hydrogen) atoms. The molecule has 1 aliphatic heterocycles. The van der Waals surface area contributed by atoms with Gasteiger partial charge in [0.15, 0.2) is 0 Å². The molecule has 0 atom stereocenters. The molecule has 1 heterocycles. The first-order chi connectivity index (χ1) is 12.5. The number of hydrogen-bond acceptors (Lipinski definition) is 4. The summed E-state index contributed by atoms with van der Waals surface area (Å²) >= 11 is 6.21. The summed E-state index contributed by atoms with van der Waals surface area (Å²) in [5.74, 6) is -0.0464. The van der Waals surface area contributed by atoms with Crippen molar-refractivity contribution >= 4 is 28.9 Å². The molecule has 0 bridgehead atoms. The Morgan fingerprint density at radius 3 is 2.54 bits per heavy atom. The van der Waals surface area contributed by atoms with E-state index >= 15 is 0 Å². The van der Waals surface area contributed by atoms with Crippen LogP contribution in [-0.2, 0) is 0 Å². The van der Waals surface area contributed by atoms with Crippen LogP contribution in [0.25, 0.3) is 0 Å². The van der Waals surface area contributed by atoms with Crippen molar-refractivity contribution in [1.29, 1.82) is 0 Å². The third-order valence-corrected chi connectivity index (χ3v) is 5.01. The van der Waals surface area contributed by atoms with Gasteiger partial charge in [-0.1, -0.05) is 29.8 Å². The third-order valence-electron chi connectivity index (χ3n) is 4.70. The standard InChI is InChI=1S/C19H20ClN3O3/c1-13-4-2-3-5-16(13)19(24)21-14-8-10-22(11-9-14)18-7-6-15(23(25)26)12-17(18)20/h2-7,12,14H,8-11H2,1H3,(H,21,24). The van der Waals surface area contributed by atoms with Crippen molar-refractivity contribution in [2.75, 3.05) is 18.0 Å². The number of carbonyl (C=O) groups excluding carboxylic acids is 1. The van der Waals surface area contributed by atoms with Crippen LogP contribution in [0, 0.1) is 17.0 Å². The van der Waals surface area contributed by atoms with Crippen LogP contribution < -0.4 is 10.2 Å². The smallest absolute Gasteiger partial charge is 0.271 e. The Morgan fingerprint density at radius 2 is 1.92 bits per heavy atom. The Labute approximate surface area is 156 Å². The summed E-state index contributed by atoms with van der Waals surface area (Å²) in [5.41, 5.74) is 2.44. The highest BCUT2D eigenvalue weighted by Gasteiger charge is 2.23. The third kappa shape index (κ3) is 3.96. The lowest BCUT2D eigenvalue weighted by Crippen LogP contribution is -2.44. The molecule has 0 aromatic heterocycles. The fraction of sp³-hybridized carbons (Fsp3) is 0.316. The van der Waals surface area contributed by atoms with Crippen molar-refractivity contribution in [3.63, 3.8) is 0 Å². The lowest BCUT2D eigenvalue weighted by atomic mass is 10.0. The van der Waals surface area contributed by atoms with Gasteiger partial charge in [0.2, 0.25) is 0 Å². The van der Waals surface area contributed by atoms with E-state index in [1.165, 1.54) is 12.1 Å². The summed E-state index contributed by atoms with van der Waals surface area (Å²) < 4.78 is 0. The number of nitrogens with zero attached hydrogens (tertiary/aromatic N) is 2. The Kier molecular flexibility index (Phi) is 5.42. The van der Waals surface area contributed by atoms with E-state index in [0.717, 1.165) is 37.2 Å².